The van der Waals surface area contributed by atoms with Gasteiger partial charge in [0.25, 0.3) is 0 Å². The van der Waals surface area contributed by atoms with Crippen molar-refractivity contribution in [2.45, 2.75) is 53.6 Å². The lowest BCUT2D eigenvalue weighted by Crippen LogP contribution is -2.32. The fraction of sp³-hybridized carbons (Fsp3) is 0.545. The molecule has 0 aliphatic carbocycles. The van der Waals surface area contributed by atoms with Crippen molar-refractivity contribution < 1.29 is 9.59 Å². The van der Waals surface area contributed by atoms with Gasteiger partial charge in [0, 0.05) is 50.7 Å². The van der Waals surface area contributed by atoms with Crippen LogP contribution in [0, 0.1) is 11.8 Å². The highest BCUT2D eigenvalue weighted by Gasteiger charge is 2.18. The van der Waals surface area contributed by atoms with E-state index in [1.807, 2.05) is 46.5 Å². The minimum atomic E-state index is 0.100. The van der Waals surface area contributed by atoms with E-state index in [9.17, 15) is 9.59 Å². The lowest BCUT2D eigenvalue weighted by molar-refractivity contribution is -0.130. The second-order valence-corrected chi connectivity index (χ2v) is 7.80. The molecular formula is C22H34N4O2. The van der Waals surface area contributed by atoms with E-state index in [-0.39, 0.29) is 11.8 Å². The van der Waals surface area contributed by atoms with Crippen molar-refractivity contribution in [1.82, 2.24) is 19.8 Å². The number of hydrogen-bond donors (Lipinski definition) is 2. The molecule has 2 aromatic heterocycles. The molecule has 0 spiro atoms. The second-order valence-electron chi connectivity index (χ2n) is 7.80. The Balaban J connectivity index is 1.79. The Kier molecular flexibility index (Phi) is 8.36. The maximum atomic E-state index is 12.0. The number of H-pyrrole nitrogens is 2. The van der Waals surface area contributed by atoms with Crippen molar-refractivity contribution in [1.29, 1.82) is 0 Å². The van der Waals surface area contributed by atoms with Crippen molar-refractivity contribution in [2.75, 3.05) is 13.1 Å². The van der Waals surface area contributed by atoms with Crippen LogP contribution in [0.25, 0.3) is 0 Å². The molecule has 2 heterocycles. The molecule has 0 aliphatic rings. The molecule has 6 nitrogen and oxygen atoms in total. The standard InChI is InChI=1S/C22H34N4O2/c1-17(9-13-25(19(3)27)15-21-7-5-11-23-21)18(2)10-14-26(20(4)28)16-22-8-6-12-24-22/h5-8,11-12,17-18,23-24H,9-10,13-16H2,1-4H3/t17-,18-/m0/s1. The summed E-state index contributed by atoms with van der Waals surface area (Å²) in [6, 6.07) is 7.91. The number of nitrogens with zero attached hydrogens (tertiary/aromatic N) is 2. The van der Waals surface area contributed by atoms with Crippen LogP contribution in [0.15, 0.2) is 36.7 Å². The molecule has 0 fully saturated rings. The van der Waals surface area contributed by atoms with Gasteiger partial charge in [-0.05, 0) is 48.9 Å². The predicted molar refractivity (Wildman–Crippen MR) is 111 cm³/mol. The SMILES string of the molecule is CC(=O)N(CC[C@H](C)[C@@H](C)CCN(Cc1ccc[nH]1)C(C)=O)Cc1ccc[nH]1. The first-order chi connectivity index (χ1) is 13.4. The van der Waals surface area contributed by atoms with Crippen LogP contribution in [0.1, 0.15) is 51.9 Å². The average Bonchev–Trinajstić information content (AvgIpc) is 3.34. The normalized spacial score (nSPS) is 13.1. The van der Waals surface area contributed by atoms with E-state index in [0.717, 1.165) is 37.3 Å². The van der Waals surface area contributed by atoms with Crippen molar-refractivity contribution >= 4 is 11.8 Å². The van der Waals surface area contributed by atoms with E-state index in [1.54, 1.807) is 13.8 Å². The zero-order valence-corrected chi connectivity index (χ0v) is 17.6. The Morgan fingerprint density at radius 3 is 1.50 bits per heavy atom. The summed E-state index contributed by atoms with van der Waals surface area (Å²) >= 11 is 0. The van der Waals surface area contributed by atoms with Crippen LogP contribution < -0.4 is 0 Å². The topological polar surface area (TPSA) is 72.2 Å². The lowest BCUT2D eigenvalue weighted by Gasteiger charge is -2.27. The van der Waals surface area contributed by atoms with E-state index < -0.39 is 0 Å². The van der Waals surface area contributed by atoms with Gasteiger partial charge >= 0.3 is 0 Å². The largest absolute Gasteiger partial charge is 0.364 e. The monoisotopic (exact) mass is 386 g/mol. The number of carbonyl (C=O) groups is 2. The number of aromatic nitrogens is 2. The predicted octanol–water partition coefficient (Wildman–Crippen LogP) is 3.79. The Hall–Kier alpha value is -2.50. The molecule has 0 saturated carbocycles. The Labute approximate surface area is 168 Å². The molecule has 6 heteroatoms. The van der Waals surface area contributed by atoms with Gasteiger partial charge in [-0.1, -0.05) is 13.8 Å². The number of amides is 2. The number of rotatable bonds is 11. The Morgan fingerprint density at radius 1 is 0.821 bits per heavy atom. The average molecular weight is 387 g/mol. The number of hydrogen-bond acceptors (Lipinski definition) is 2. The zero-order chi connectivity index (χ0) is 20.5. The van der Waals surface area contributed by atoms with Crippen molar-refractivity contribution in [3.8, 4) is 0 Å². The number of nitrogens with one attached hydrogen (secondary N) is 2. The van der Waals surface area contributed by atoms with Crippen LogP contribution in [-0.2, 0) is 22.7 Å². The van der Waals surface area contributed by atoms with Gasteiger partial charge in [0.2, 0.25) is 11.8 Å². The zero-order valence-electron chi connectivity index (χ0n) is 17.6. The summed E-state index contributed by atoms with van der Waals surface area (Å²) in [7, 11) is 0. The molecule has 2 rings (SSSR count). The van der Waals surface area contributed by atoms with Gasteiger partial charge in [-0.15, -0.1) is 0 Å². The van der Waals surface area contributed by atoms with Crippen molar-refractivity contribution in [3.63, 3.8) is 0 Å². The third-order valence-corrected chi connectivity index (χ3v) is 5.62. The fourth-order valence-electron chi connectivity index (χ4n) is 3.33. The molecule has 0 bridgehead atoms. The maximum Gasteiger partial charge on any atom is 0.219 e. The summed E-state index contributed by atoms with van der Waals surface area (Å²) in [5.41, 5.74) is 2.11. The Morgan fingerprint density at radius 2 is 1.21 bits per heavy atom. The summed E-state index contributed by atoms with van der Waals surface area (Å²) in [5, 5.41) is 0. The second kappa shape index (κ2) is 10.7. The van der Waals surface area contributed by atoms with Crippen molar-refractivity contribution in [2.24, 2.45) is 11.8 Å². The molecule has 2 atom stereocenters. The minimum absolute atomic E-state index is 0.100. The molecule has 0 aromatic carbocycles. The highest BCUT2D eigenvalue weighted by atomic mass is 16.2. The van der Waals surface area contributed by atoms with E-state index >= 15 is 0 Å². The smallest absolute Gasteiger partial charge is 0.219 e. The minimum Gasteiger partial charge on any atom is -0.364 e. The third-order valence-electron chi connectivity index (χ3n) is 5.62. The summed E-state index contributed by atoms with van der Waals surface area (Å²) in [6.45, 7) is 10.5. The van der Waals surface area contributed by atoms with Crippen LogP contribution >= 0.6 is 0 Å². The van der Waals surface area contributed by atoms with Crippen LogP contribution in [-0.4, -0.2) is 44.7 Å². The van der Waals surface area contributed by atoms with E-state index in [0.29, 0.717) is 24.9 Å². The fourth-order valence-corrected chi connectivity index (χ4v) is 3.33. The number of carbonyl (C=O) groups excluding carboxylic acids is 2. The molecule has 2 aromatic rings. The van der Waals surface area contributed by atoms with Crippen LogP contribution in [0.5, 0.6) is 0 Å². The quantitative estimate of drug-likeness (QED) is 0.617. The lowest BCUT2D eigenvalue weighted by atomic mass is 9.89. The van der Waals surface area contributed by atoms with E-state index in [2.05, 4.69) is 23.8 Å². The maximum absolute atomic E-state index is 12.0. The first-order valence-electron chi connectivity index (χ1n) is 10.1. The van der Waals surface area contributed by atoms with Gasteiger partial charge in [-0.2, -0.15) is 0 Å². The highest BCUT2D eigenvalue weighted by molar-refractivity contribution is 5.73. The Bertz CT molecular complexity index is 647. The molecule has 2 amide bonds. The molecule has 154 valence electrons. The van der Waals surface area contributed by atoms with Gasteiger partial charge in [0.1, 0.15) is 0 Å². The van der Waals surface area contributed by atoms with Crippen molar-refractivity contribution in [3.05, 3.63) is 48.0 Å². The molecule has 28 heavy (non-hydrogen) atoms. The molecule has 0 unspecified atom stereocenters. The van der Waals surface area contributed by atoms with Gasteiger partial charge in [0.15, 0.2) is 0 Å². The highest BCUT2D eigenvalue weighted by Crippen LogP contribution is 2.20. The van der Waals surface area contributed by atoms with Crippen LogP contribution in [0.2, 0.25) is 0 Å². The van der Waals surface area contributed by atoms with Gasteiger partial charge in [0.05, 0.1) is 13.1 Å². The summed E-state index contributed by atoms with van der Waals surface area (Å²) in [5.74, 6) is 1.15. The molecule has 2 N–H and O–H groups in total. The van der Waals surface area contributed by atoms with Gasteiger partial charge in [-0.25, -0.2) is 0 Å². The molecular weight excluding hydrogens is 352 g/mol. The molecule has 0 saturated heterocycles. The van der Waals surface area contributed by atoms with Crippen LogP contribution in [0.3, 0.4) is 0 Å². The molecule has 0 radical (unpaired) electrons. The number of aromatic amines is 2. The van der Waals surface area contributed by atoms with E-state index in [4.69, 9.17) is 0 Å². The van der Waals surface area contributed by atoms with E-state index in [1.165, 1.54) is 0 Å². The first kappa shape index (κ1) is 21.8. The summed E-state index contributed by atoms with van der Waals surface area (Å²) < 4.78 is 0. The van der Waals surface area contributed by atoms with Gasteiger partial charge in [-0.3, -0.25) is 9.59 Å². The summed E-state index contributed by atoms with van der Waals surface area (Å²) in [4.78, 5) is 34.0. The summed E-state index contributed by atoms with van der Waals surface area (Å²) in [6.07, 6.45) is 5.68. The van der Waals surface area contributed by atoms with Crippen LogP contribution in [0.4, 0.5) is 0 Å². The molecule has 0 aliphatic heterocycles. The third kappa shape index (κ3) is 6.91. The first-order valence-corrected chi connectivity index (χ1v) is 10.1. The van der Waals surface area contributed by atoms with Gasteiger partial charge < -0.3 is 19.8 Å².